The average Bonchev–Trinajstić information content (AvgIpc) is 2.85. The Labute approximate surface area is 125 Å². The molecule has 0 aliphatic carbocycles. The van der Waals surface area contributed by atoms with Crippen LogP contribution in [0.5, 0.6) is 0 Å². The fraction of sp³-hybridized carbons (Fsp3) is 0.562. The Morgan fingerprint density at radius 3 is 2.67 bits per heavy atom. The van der Waals surface area contributed by atoms with E-state index < -0.39 is 11.6 Å². The van der Waals surface area contributed by atoms with Gasteiger partial charge in [0.25, 0.3) is 5.91 Å². The Morgan fingerprint density at radius 1 is 1.33 bits per heavy atom. The Hall–Kier alpha value is -1.91. The molecular weight excluding hydrogens is 268 g/mol. The summed E-state index contributed by atoms with van der Waals surface area (Å²) in [5.41, 5.74) is 0.620. The van der Waals surface area contributed by atoms with E-state index in [1.165, 1.54) is 0 Å². The highest BCUT2D eigenvalue weighted by atomic mass is 16.6. The topological polar surface area (TPSA) is 59.5 Å². The number of ether oxygens (including phenoxy) is 1. The number of pyridine rings is 1. The molecule has 2 heterocycles. The van der Waals surface area contributed by atoms with Crippen molar-refractivity contribution in [3.63, 3.8) is 0 Å². The highest BCUT2D eigenvalue weighted by Crippen LogP contribution is 2.22. The maximum atomic E-state index is 12.5. The summed E-state index contributed by atoms with van der Waals surface area (Å²) >= 11 is 0. The van der Waals surface area contributed by atoms with Gasteiger partial charge < -0.3 is 9.64 Å². The van der Waals surface area contributed by atoms with Crippen molar-refractivity contribution < 1.29 is 14.3 Å². The summed E-state index contributed by atoms with van der Waals surface area (Å²) in [6.45, 7) is 7.89. The molecule has 114 valence electrons. The van der Waals surface area contributed by atoms with Crippen LogP contribution in [0.25, 0.3) is 0 Å². The number of aryl methyl sites for hydroxylation is 1. The van der Waals surface area contributed by atoms with Gasteiger partial charge in [-0.1, -0.05) is 6.07 Å². The zero-order chi connectivity index (χ0) is 15.6. The van der Waals surface area contributed by atoms with Gasteiger partial charge in [-0.25, -0.2) is 9.78 Å². The first-order valence-corrected chi connectivity index (χ1v) is 7.25. The lowest BCUT2D eigenvalue weighted by Crippen LogP contribution is -2.43. The number of carbonyl (C=O) groups is 2. The first kappa shape index (κ1) is 15.5. The van der Waals surface area contributed by atoms with Gasteiger partial charge in [-0.3, -0.25) is 4.79 Å². The highest BCUT2D eigenvalue weighted by molar-refractivity contribution is 5.95. The van der Waals surface area contributed by atoms with Crippen molar-refractivity contribution in [2.24, 2.45) is 0 Å². The summed E-state index contributed by atoms with van der Waals surface area (Å²) in [4.78, 5) is 30.6. The molecule has 0 saturated carbocycles. The molecule has 0 bridgehead atoms. The van der Waals surface area contributed by atoms with E-state index in [1.54, 1.807) is 17.0 Å². The molecule has 0 radical (unpaired) electrons. The van der Waals surface area contributed by atoms with Crippen molar-refractivity contribution >= 4 is 11.9 Å². The van der Waals surface area contributed by atoms with Crippen LogP contribution in [0.15, 0.2) is 18.2 Å². The Kier molecular flexibility index (Phi) is 4.30. The van der Waals surface area contributed by atoms with Gasteiger partial charge in [-0.15, -0.1) is 0 Å². The second-order valence-electron chi connectivity index (χ2n) is 6.35. The van der Waals surface area contributed by atoms with E-state index in [4.69, 9.17) is 4.74 Å². The molecule has 21 heavy (non-hydrogen) atoms. The van der Waals surface area contributed by atoms with Gasteiger partial charge in [-0.05, 0) is 52.7 Å². The van der Waals surface area contributed by atoms with Crippen molar-refractivity contribution in [1.82, 2.24) is 9.88 Å². The third-order valence-electron chi connectivity index (χ3n) is 3.30. The Balaban J connectivity index is 2.15. The molecule has 0 N–H and O–H groups in total. The molecule has 1 aromatic rings. The number of hydrogen-bond acceptors (Lipinski definition) is 4. The molecule has 1 saturated heterocycles. The number of esters is 1. The molecule has 5 nitrogen and oxygen atoms in total. The number of hydrogen-bond donors (Lipinski definition) is 0. The highest BCUT2D eigenvalue weighted by Gasteiger charge is 2.37. The molecule has 1 aliphatic rings. The van der Waals surface area contributed by atoms with Gasteiger partial charge in [0.15, 0.2) is 0 Å². The van der Waals surface area contributed by atoms with Crippen LogP contribution >= 0.6 is 0 Å². The molecule has 0 unspecified atom stereocenters. The second kappa shape index (κ2) is 5.84. The summed E-state index contributed by atoms with van der Waals surface area (Å²) in [6, 6.07) is 4.82. The Morgan fingerprint density at radius 2 is 2.05 bits per heavy atom. The van der Waals surface area contributed by atoms with Crippen LogP contribution in [0.3, 0.4) is 0 Å². The van der Waals surface area contributed by atoms with E-state index >= 15 is 0 Å². The minimum Gasteiger partial charge on any atom is -0.458 e. The quantitative estimate of drug-likeness (QED) is 0.784. The fourth-order valence-corrected chi connectivity index (χ4v) is 2.43. The van der Waals surface area contributed by atoms with Gasteiger partial charge in [-0.2, -0.15) is 0 Å². The molecule has 1 fully saturated rings. The van der Waals surface area contributed by atoms with E-state index in [9.17, 15) is 9.59 Å². The largest absolute Gasteiger partial charge is 0.458 e. The van der Waals surface area contributed by atoms with Crippen molar-refractivity contribution in [3.8, 4) is 0 Å². The van der Waals surface area contributed by atoms with Crippen LogP contribution in [0.4, 0.5) is 0 Å². The first-order valence-electron chi connectivity index (χ1n) is 7.25. The monoisotopic (exact) mass is 290 g/mol. The number of aromatic nitrogens is 1. The number of nitrogens with zero attached hydrogens (tertiary/aromatic N) is 2. The van der Waals surface area contributed by atoms with Crippen LogP contribution < -0.4 is 0 Å². The maximum absolute atomic E-state index is 12.5. The SMILES string of the molecule is Cc1cccc(C(=O)N2CCC[C@H]2C(=O)OC(C)(C)C)n1. The minimum atomic E-state index is -0.546. The Bertz CT molecular complexity index is 549. The van der Waals surface area contributed by atoms with E-state index in [0.29, 0.717) is 18.7 Å². The number of rotatable bonds is 2. The van der Waals surface area contributed by atoms with Crippen LogP contribution in [0, 0.1) is 6.92 Å². The smallest absolute Gasteiger partial charge is 0.329 e. The standard InChI is InChI=1S/C16H22N2O3/c1-11-7-5-8-12(17-11)14(19)18-10-6-9-13(18)15(20)21-16(2,3)4/h5,7-8,13H,6,9-10H2,1-4H3/t13-/m0/s1. The summed E-state index contributed by atoms with van der Waals surface area (Å²) in [5.74, 6) is -0.534. The van der Waals surface area contributed by atoms with Crippen molar-refractivity contribution in [2.45, 2.75) is 52.2 Å². The molecule has 0 spiro atoms. The molecular formula is C16H22N2O3. The van der Waals surface area contributed by atoms with Crippen molar-refractivity contribution in [2.75, 3.05) is 6.54 Å². The summed E-state index contributed by atoms with van der Waals surface area (Å²) in [7, 11) is 0. The van der Waals surface area contributed by atoms with Crippen LogP contribution in [-0.4, -0.2) is 39.9 Å². The molecule has 1 aromatic heterocycles. The lowest BCUT2D eigenvalue weighted by Gasteiger charge is -2.27. The third kappa shape index (κ3) is 3.80. The van der Waals surface area contributed by atoms with Gasteiger partial charge in [0.1, 0.15) is 17.3 Å². The molecule has 5 heteroatoms. The predicted octanol–water partition coefficient (Wildman–Crippen LogP) is 2.34. The normalized spacial score (nSPS) is 18.7. The van der Waals surface area contributed by atoms with Crippen molar-refractivity contribution in [3.05, 3.63) is 29.6 Å². The van der Waals surface area contributed by atoms with Gasteiger partial charge >= 0.3 is 5.97 Å². The lowest BCUT2D eigenvalue weighted by atomic mass is 10.1. The van der Waals surface area contributed by atoms with E-state index in [1.807, 2.05) is 33.8 Å². The van der Waals surface area contributed by atoms with E-state index in [0.717, 1.165) is 12.1 Å². The fourth-order valence-electron chi connectivity index (χ4n) is 2.43. The second-order valence-corrected chi connectivity index (χ2v) is 6.35. The summed E-state index contributed by atoms with van der Waals surface area (Å²) in [5, 5.41) is 0. The zero-order valence-corrected chi connectivity index (χ0v) is 13.0. The molecule has 1 atom stereocenters. The van der Waals surface area contributed by atoms with Gasteiger partial charge in [0.05, 0.1) is 0 Å². The van der Waals surface area contributed by atoms with E-state index in [-0.39, 0.29) is 11.9 Å². The molecule has 1 aliphatic heterocycles. The van der Waals surface area contributed by atoms with E-state index in [2.05, 4.69) is 4.98 Å². The predicted molar refractivity (Wildman–Crippen MR) is 78.9 cm³/mol. The number of carbonyl (C=O) groups excluding carboxylic acids is 2. The van der Waals surface area contributed by atoms with Crippen LogP contribution in [-0.2, 0) is 9.53 Å². The van der Waals surface area contributed by atoms with Gasteiger partial charge in [0.2, 0.25) is 0 Å². The lowest BCUT2D eigenvalue weighted by molar-refractivity contribution is -0.159. The third-order valence-corrected chi connectivity index (χ3v) is 3.30. The molecule has 0 aromatic carbocycles. The van der Waals surface area contributed by atoms with Crippen LogP contribution in [0.2, 0.25) is 0 Å². The van der Waals surface area contributed by atoms with Crippen LogP contribution in [0.1, 0.15) is 49.8 Å². The minimum absolute atomic E-state index is 0.202. The van der Waals surface area contributed by atoms with Gasteiger partial charge in [0, 0.05) is 12.2 Å². The van der Waals surface area contributed by atoms with Crippen molar-refractivity contribution in [1.29, 1.82) is 0 Å². The average molecular weight is 290 g/mol. The number of likely N-dealkylation sites (tertiary alicyclic amines) is 1. The summed E-state index contributed by atoms with van der Waals surface area (Å²) in [6.07, 6.45) is 1.45. The number of amides is 1. The first-order chi connectivity index (χ1) is 9.78. The summed E-state index contributed by atoms with van der Waals surface area (Å²) < 4.78 is 5.41. The molecule has 1 amide bonds. The molecule has 2 rings (SSSR count). The maximum Gasteiger partial charge on any atom is 0.329 e. The zero-order valence-electron chi connectivity index (χ0n) is 13.0.